The molecule has 0 fully saturated rings. The number of aryl methyl sites for hydroxylation is 1. The van der Waals surface area contributed by atoms with Gasteiger partial charge in [0.2, 0.25) is 0 Å². The normalized spacial score (nSPS) is 15.3. The third-order valence-electron chi connectivity index (χ3n) is 3.78. The smallest absolute Gasteiger partial charge is 0.408 e. The van der Waals surface area contributed by atoms with Gasteiger partial charge < -0.3 is 31.2 Å². The summed E-state index contributed by atoms with van der Waals surface area (Å²) < 4.78 is 6.95. The monoisotopic (exact) mass is 355 g/mol. The van der Waals surface area contributed by atoms with Crippen LogP contribution < -0.4 is 16.8 Å². The number of hydrogen-bond donors (Lipinski definition) is 4. The highest BCUT2D eigenvalue weighted by molar-refractivity contribution is 5.80. The predicted molar refractivity (Wildman–Crippen MR) is 92.8 cm³/mol. The van der Waals surface area contributed by atoms with E-state index < -0.39 is 23.7 Å². The molecular weight excluding hydrogens is 326 g/mol. The fraction of sp³-hybridized carbons (Fsp3) is 0.688. The van der Waals surface area contributed by atoms with Gasteiger partial charge in [0.25, 0.3) is 0 Å². The zero-order valence-electron chi connectivity index (χ0n) is 15.2. The maximum atomic E-state index is 11.8. The fourth-order valence-electron chi connectivity index (χ4n) is 2.39. The molecule has 9 nitrogen and oxygen atoms in total. The number of nitrogens with zero attached hydrogens (tertiary/aromatic N) is 2. The second-order valence-electron chi connectivity index (χ2n) is 7.09. The van der Waals surface area contributed by atoms with Crippen LogP contribution in [0.5, 0.6) is 0 Å². The van der Waals surface area contributed by atoms with E-state index in [1.165, 1.54) is 0 Å². The maximum Gasteiger partial charge on any atom is 0.408 e. The largest absolute Gasteiger partial charge is 0.480 e. The van der Waals surface area contributed by atoms with Crippen molar-refractivity contribution in [3.63, 3.8) is 0 Å². The quantitative estimate of drug-likeness (QED) is 0.522. The van der Waals surface area contributed by atoms with Crippen molar-refractivity contribution in [2.45, 2.75) is 51.3 Å². The molecule has 0 spiro atoms. The molecule has 1 aromatic heterocycles. The molecule has 0 saturated carbocycles. The van der Waals surface area contributed by atoms with Gasteiger partial charge >= 0.3 is 12.1 Å². The molecule has 9 heteroatoms. The van der Waals surface area contributed by atoms with Crippen molar-refractivity contribution in [3.8, 4) is 0 Å². The number of aromatic nitrogens is 2. The number of carboxylic acids is 1. The van der Waals surface area contributed by atoms with Crippen molar-refractivity contribution in [2.24, 2.45) is 24.4 Å². The summed E-state index contributed by atoms with van der Waals surface area (Å²) in [6.07, 6.45) is 3.27. The summed E-state index contributed by atoms with van der Waals surface area (Å²) in [5.41, 5.74) is 11.3. The number of aliphatic carboxylic acids is 1. The van der Waals surface area contributed by atoms with Gasteiger partial charge in [0.15, 0.2) is 0 Å². The van der Waals surface area contributed by atoms with Gasteiger partial charge in [-0.15, -0.1) is 0 Å². The highest BCUT2D eigenvalue weighted by Crippen LogP contribution is 2.14. The van der Waals surface area contributed by atoms with Crippen LogP contribution in [-0.4, -0.2) is 50.9 Å². The number of nitrogens with two attached hydrogens (primary N) is 2. The van der Waals surface area contributed by atoms with E-state index in [9.17, 15) is 14.7 Å². The highest BCUT2D eigenvalue weighted by Gasteiger charge is 2.29. The molecular formula is C16H29N5O4. The first-order valence-electron chi connectivity index (χ1n) is 8.17. The minimum absolute atomic E-state index is 0.108. The molecule has 0 aliphatic rings. The number of carbonyl (C=O) groups excluding carboxylic acids is 1. The number of ether oxygens (including phenoxy) is 1. The second kappa shape index (κ2) is 8.82. The number of imidazole rings is 1. The van der Waals surface area contributed by atoms with Crippen LogP contribution in [0.4, 0.5) is 4.79 Å². The zero-order valence-corrected chi connectivity index (χ0v) is 15.2. The molecule has 142 valence electrons. The molecule has 0 aliphatic carbocycles. The first kappa shape index (κ1) is 20.9. The van der Waals surface area contributed by atoms with E-state index in [0.717, 1.165) is 5.82 Å². The molecule has 3 atom stereocenters. The Morgan fingerprint density at radius 2 is 2.08 bits per heavy atom. The van der Waals surface area contributed by atoms with Crippen LogP contribution in [0.1, 0.15) is 33.0 Å². The zero-order chi connectivity index (χ0) is 19.2. The molecule has 0 radical (unpaired) electrons. The molecule has 1 aromatic rings. The molecule has 0 aromatic carbocycles. The molecule has 25 heavy (non-hydrogen) atoms. The molecule has 0 bridgehead atoms. The molecule has 0 aliphatic heterocycles. The summed E-state index contributed by atoms with van der Waals surface area (Å²) in [7, 11) is 1.86. The minimum atomic E-state index is -1.16. The number of alkyl carbamates (subject to hydrolysis) is 1. The summed E-state index contributed by atoms with van der Waals surface area (Å²) in [5, 5.41) is 11.7. The Balaban J connectivity index is 2.71. The summed E-state index contributed by atoms with van der Waals surface area (Å²) in [6, 6.07) is -1.51. The van der Waals surface area contributed by atoms with Gasteiger partial charge in [0, 0.05) is 31.9 Å². The van der Waals surface area contributed by atoms with Crippen molar-refractivity contribution in [1.29, 1.82) is 0 Å². The standard InChI is InChI=1S/C16H29N5O4/c1-16(2,3)25-15(24)20-12(14(22)23)7-10(9-17)11(18)8-13-19-5-6-21(13)4/h5-6,10-12H,7-9,17-18H2,1-4H3,(H,20,24)(H,22,23)/t10?,11?,12-/m1/s1. The number of amides is 1. The van der Waals surface area contributed by atoms with Gasteiger partial charge in [-0.05, 0) is 39.7 Å². The lowest BCUT2D eigenvalue weighted by Gasteiger charge is -2.27. The Morgan fingerprint density at radius 1 is 1.44 bits per heavy atom. The Morgan fingerprint density at radius 3 is 2.52 bits per heavy atom. The van der Waals surface area contributed by atoms with E-state index in [4.69, 9.17) is 16.2 Å². The number of carbonyl (C=O) groups is 2. The van der Waals surface area contributed by atoms with E-state index in [0.29, 0.717) is 6.42 Å². The SMILES string of the molecule is Cn1ccnc1CC(N)C(CN)C[C@@H](NC(=O)OC(C)(C)C)C(=O)O. The summed E-state index contributed by atoms with van der Waals surface area (Å²) in [6.45, 7) is 5.31. The average Bonchev–Trinajstić information content (AvgIpc) is 2.86. The predicted octanol–water partition coefficient (Wildman–Crippen LogP) is 0.233. The van der Waals surface area contributed by atoms with Gasteiger partial charge in [-0.25, -0.2) is 14.6 Å². The number of carboxylic acid groups (broad SMARTS) is 1. The van der Waals surface area contributed by atoms with E-state index >= 15 is 0 Å². The van der Waals surface area contributed by atoms with E-state index in [1.807, 2.05) is 17.8 Å². The van der Waals surface area contributed by atoms with Crippen LogP contribution in [-0.2, 0) is 23.0 Å². The number of nitrogens with one attached hydrogen (secondary N) is 1. The van der Waals surface area contributed by atoms with Crippen molar-refractivity contribution in [3.05, 3.63) is 18.2 Å². The average molecular weight is 355 g/mol. The van der Waals surface area contributed by atoms with Crippen LogP contribution in [0.2, 0.25) is 0 Å². The van der Waals surface area contributed by atoms with Gasteiger partial charge in [-0.2, -0.15) is 0 Å². The van der Waals surface area contributed by atoms with Crippen LogP contribution in [0.3, 0.4) is 0 Å². The molecule has 1 rings (SSSR count). The van der Waals surface area contributed by atoms with Crippen molar-refractivity contribution in [2.75, 3.05) is 6.54 Å². The van der Waals surface area contributed by atoms with E-state index in [2.05, 4.69) is 10.3 Å². The third kappa shape index (κ3) is 7.10. The summed E-state index contributed by atoms with van der Waals surface area (Å²) in [5.74, 6) is -0.667. The number of hydrogen-bond acceptors (Lipinski definition) is 6. The first-order valence-corrected chi connectivity index (χ1v) is 8.17. The topological polar surface area (TPSA) is 145 Å². The lowest BCUT2D eigenvalue weighted by molar-refractivity contribution is -0.140. The maximum absolute atomic E-state index is 11.8. The van der Waals surface area contributed by atoms with Gasteiger partial charge in [0.1, 0.15) is 17.5 Å². The summed E-state index contributed by atoms with van der Waals surface area (Å²) >= 11 is 0. The van der Waals surface area contributed by atoms with Crippen LogP contribution in [0.15, 0.2) is 12.4 Å². The first-order chi connectivity index (χ1) is 11.5. The van der Waals surface area contributed by atoms with E-state index in [1.54, 1.807) is 27.0 Å². The van der Waals surface area contributed by atoms with E-state index in [-0.39, 0.29) is 24.9 Å². The lowest BCUT2D eigenvalue weighted by Crippen LogP contribution is -2.48. The number of rotatable bonds is 8. The third-order valence-corrected chi connectivity index (χ3v) is 3.78. The van der Waals surface area contributed by atoms with Gasteiger partial charge in [0.05, 0.1) is 0 Å². The van der Waals surface area contributed by atoms with Crippen molar-refractivity contribution in [1.82, 2.24) is 14.9 Å². The molecule has 0 saturated heterocycles. The fourth-order valence-corrected chi connectivity index (χ4v) is 2.39. The minimum Gasteiger partial charge on any atom is -0.480 e. The second-order valence-corrected chi connectivity index (χ2v) is 7.09. The van der Waals surface area contributed by atoms with Crippen molar-refractivity contribution >= 4 is 12.1 Å². The Hall–Kier alpha value is -2.13. The lowest BCUT2D eigenvalue weighted by atomic mass is 9.90. The van der Waals surface area contributed by atoms with Crippen molar-refractivity contribution < 1.29 is 19.4 Å². The Kier molecular flexibility index (Phi) is 7.38. The highest BCUT2D eigenvalue weighted by atomic mass is 16.6. The van der Waals surface area contributed by atoms with Gasteiger partial charge in [-0.1, -0.05) is 0 Å². The van der Waals surface area contributed by atoms with Crippen LogP contribution in [0, 0.1) is 5.92 Å². The molecule has 1 amide bonds. The molecule has 2 unspecified atom stereocenters. The Labute approximate surface area is 147 Å². The molecule has 1 heterocycles. The van der Waals surface area contributed by atoms with Gasteiger partial charge in [-0.3, -0.25) is 0 Å². The van der Waals surface area contributed by atoms with Crippen LogP contribution in [0.25, 0.3) is 0 Å². The molecule has 6 N–H and O–H groups in total. The summed E-state index contributed by atoms with van der Waals surface area (Å²) in [4.78, 5) is 27.5. The Bertz CT molecular complexity index is 581. The van der Waals surface area contributed by atoms with Crippen LogP contribution >= 0.6 is 0 Å².